The minimum Gasteiger partial charge on any atom is -0.370 e. The van der Waals surface area contributed by atoms with Gasteiger partial charge in [0.2, 0.25) is 0 Å². The normalized spacial score (nSPS) is 21.3. The molecular formula is C8H12N4. The fourth-order valence-electron chi connectivity index (χ4n) is 1.39. The highest BCUT2D eigenvalue weighted by Crippen LogP contribution is 2.24. The Hall–Kier alpha value is -1.16. The van der Waals surface area contributed by atoms with Crippen LogP contribution in [0.5, 0.6) is 0 Å². The smallest absolute Gasteiger partial charge is 0.134 e. The molecule has 1 atom stereocenters. The van der Waals surface area contributed by atoms with Crippen LogP contribution in [0.2, 0.25) is 0 Å². The molecule has 4 nitrogen and oxygen atoms in total. The molecule has 0 fully saturated rings. The number of nitrogens with one attached hydrogen (secondary N) is 1. The van der Waals surface area contributed by atoms with Crippen LogP contribution in [0.1, 0.15) is 23.9 Å². The Morgan fingerprint density at radius 1 is 1.67 bits per heavy atom. The first-order valence-electron chi connectivity index (χ1n) is 4.10. The van der Waals surface area contributed by atoms with E-state index in [1.54, 1.807) is 0 Å². The first kappa shape index (κ1) is 7.49. The standard InChI is InChI=1S/C8H12N4/c1-5-11-4-6-7(9)2-3-10-8(6)12-5/h4,7H,2-3,9H2,1H3,(H,10,11,12). The number of hydrogen-bond acceptors (Lipinski definition) is 4. The first-order chi connectivity index (χ1) is 5.77. The highest BCUT2D eigenvalue weighted by atomic mass is 15.0. The molecule has 3 N–H and O–H groups in total. The van der Waals surface area contributed by atoms with Crippen LogP contribution in [0.15, 0.2) is 6.20 Å². The Kier molecular flexibility index (Phi) is 1.69. The molecule has 1 aromatic rings. The number of rotatable bonds is 0. The van der Waals surface area contributed by atoms with Crippen LogP contribution in [0.3, 0.4) is 0 Å². The monoisotopic (exact) mass is 164 g/mol. The van der Waals surface area contributed by atoms with Gasteiger partial charge in [0.15, 0.2) is 0 Å². The van der Waals surface area contributed by atoms with Gasteiger partial charge in [-0.05, 0) is 13.3 Å². The zero-order chi connectivity index (χ0) is 8.55. The molecule has 0 bridgehead atoms. The van der Waals surface area contributed by atoms with Crippen molar-refractivity contribution in [1.82, 2.24) is 9.97 Å². The maximum absolute atomic E-state index is 5.88. The summed E-state index contributed by atoms with van der Waals surface area (Å²) in [4.78, 5) is 8.37. The highest BCUT2D eigenvalue weighted by molar-refractivity contribution is 5.46. The van der Waals surface area contributed by atoms with Crippen molar-refractivity contribution in [3.05, 3.63) is 17.6 Å². The second-order valence-corrected chi connectivity index (χ2v) is 3.04. The predicted molar refractivity (Wildman–Crippen MR) is 46.8 cm³/mol. The zero-order valence-corrected chi connectivity index (χ0v) is 7.04. The predicted octanol–water partition coefficient (Wildman–Crippen LogP) is 0.600. The maximum Gasteiger partial charge on any atom is 0.134 e. The number of hydrogen-bond donors (Lipinski definition) is 2. The average Bonchev–Trinajstić information content (AvgIpc) is 2.04. The molecular weight excluding hydrogens is 152 g/mol. The molecule has 64 valence electrons. The van der Waals surface area contributed by atoms with E-state index in [2.05, 4.69) is 15.3 Å². The van der Waals surface area contributed by atoms with Gasteiger partial charge in [-0.25, -0.2) is 9.97 Å². The molecule has 0 radical (unpaired) electrons. The molecule has 0 amide bonds. The molecule has 0 saturated heterocycles. The Morgan fingerprint density at radius 2 is 2.50 bits per heavy atom. The van der Waals surface area contributed by atoms with E-state index in [1.165, 1.54) is 0 Å². The van der Waals surface area contributed by atoms with Crippen LogP contribution in [-0.2, 0) is 0 Å². The van der Waals surface area contributed by atoms with E-state index in [4.69, 9.17) is 5.73 Å². The van der Waals surface area contributed by atoms with Gasteiger partial charge in [0.25, 0.3) is 0 Å². The Balaban J connectivity index is 2.46. The Bertz CT molecular complexity index is 297. The first-order valence-corrected chi connectivity index (χ1v) is 4.10. The second kappa shape index (κ2) is 2.71. The van der Waals surface area contributed by atoms with Crippen LogP contribution in [0.25, 0.3) is 0 Å². The van der Waals surface area contributed by atoms with Crippen molar-refractivity contribution in [2.24, 2.45) is 5.73 Å². The molecule has 1 aliphatic rings. The van der Waals surface area contributed by atoms with Crippen molar-refractivity contribution in [2.75, 3.05) is 11.9 Å². The number of nitrogens with two attached hydrogens (primary N) is 1. The summed E-state index contributed by atoms with van der Waals surface area (Å²) in [6.45, 7) is 2.78. The summed E-state index contributed by atoms with van der Waals surface area (Å²) in [7, 11) is 0. The summed E-state index contributed by atoms with van der Waals surface area (Å²) >= 11 is 0. The molecule has 1 aromatic heterocycles. The largest absolute Gasteiger partial charge is 0.370 e. The topological polar surface area (TPSA) is 63.8 Å². The molecule has 0 aromatic carbocycles. The van der Waals surface area contributed by atoms with Crippen molar-refractivity contribution >= 4 is 5.82 Å². The summed E-state index contributed by atoms with van der Waals surface area (Å²) in [6.07, 6.45) is 2.77. The molecule has 1 unspecified atom stereocenters. The van der Waals surface area contributed by atoms with Gasteiger partial charge < -0.3 is 11.1 Å². The number of nitrogens with zero attached hydrogens (tertiary/aromatic N) is 2. The van der Waals surface area contributed by atoms with Crippen molar-refractivity contribution in [3.63, 3.8) is 0 Å². The number of aromatic nitrogens is 2. The lowest BCUT2D eigenvalue weighted by Gasteiger charge is -2.21. The van der Waals surface area contributed by atoms with Gasteiger partial charge >= 0.3 is 0 Å². The van der Waals surface area contributed by atoms with Crippen LogP contribution < -0.4 is 11.1 Å². The van der Waals surface area contributed by atoms with Gasteiger partial charge in [-0.2, -0.15) is 0 Å². The fourth-order valence-corrected chi connectivity index (χ4v) is 1.39. The van der Waals surface area contributed by atoms with Crippen LogP contribution in [0, 0.1) is 6.92 Å². The van der Waals surface area contributed by atoms with E-state index < -0.39 is 0 Å². The van der Waals surface area contributed by atoms with E-state index in [0.717, 1.165) is 30.2 Å². The summed E-state index contributed by atoms with van der Waals surface area (Å²) in [5.74, 6) is 1.69. The molecule has 2 rings (SSSR count). The van der Waals surface area contributed by atoms with Gasteiger partial charge in [0.05, 0.1) is 0 Å². The Labute approximate surface area is 71.2 Å². The quantitative estimate of drug-likeness (QED) is 0.589. The van der Waals surface area contributed by atoms with Crippen LogP contribution in [0.4, 0.5) is 5.82 Å². The van der Waals surface area contributed by atoms with E-state index in [0.29, 0.717) is 0 Å². The molecule has 12 heavy (non-hydrogen) atoms. The number of aryl methyl sites for hydroxylation is 1. The third-order valence-electron chi connectivity index (χ3n) is 2.08. The average molecular weight is 164 g/mol. The summed E-state index contributed by atoms with van der Waals surface area (Å²) in [5.41, 5.74) is 6.91. The van der Waals surface area contributed by atoms with Crippen molar-refractivity contribution in [2.45, 2.75) is 19.4 Å². The SMILES string of the molecule is Cc1ncc2c(n1)NCCC2N. The number of fused-ring (bicyclic) bond motifs is 1. The fraction of sp³-hybridized carbons (Fsp3) is 0.500. The summed E-state index contributed by atoms with van der Waals surface area (Å²) < 4.78 is 0. The lowest BCUT2D eigenvalue weighted by atomic mass is 10.0. The lowest BCUT2D eigenvalue weighted by molar-refractivity contribution is 0.643. The lowest BCUT2D eigenvalue weighted by Crippen LogP contribution is -2.23. The summed E-state index contributed by atoms with van der Waals surface area (Å²) in [5, 5.41) is 3.20. The van der Waals surface area contributed by atoms with Gasteiger partial charge in [0, 0.05) is 24.3 Å². The van der Waals surface area contributed by atoms with E-state index in [9.17, 15) is 0 Å². The third kappa shape index (κ3) is 1.14. The van der Waals surface area contributed by atoms with Gasteiger partial charge in [-0.3, -0.25) is 0 Å². The van der Waals surface area contributed by atoms with Crippen molar-refractivity contribution in [3.8, 4) is 0 Å². The molecule has 0 saturated carbocycles. The van der Waals surface area contributed by atoms with E-state index in [-0.39, 0.29) is 6.04 Å². The van der Waals surface area contributed by atoms with E-state index >= 15 is 0 Å². The van der Waals surface area contributed by atoms with E-state index in [1.807, 2.05) is 13.1 Å². The highest BCUT2D eigenvalue weighted by Gasteiger charge is 2.17. The maximum atomic E-state index is 5.88. The Morgan fingerprint density at radius 3 is 3.33 bits per heavy atom. The van der Waals surface area contributed by atoms with Crippen molar-refractivity contribution < 1.29 is 0 Å². The summed E-state index contributed by atoms with van der Waals surface area (Å²) in [6, 6.07) is 0.0989. The number of anilines is 1. The van der Waals surface area contributed by atoms with Crippen LogP contribution >= 0.6 is 0 Å². The van der Waals surface area contributed by atoms with Gasteiger partial charge in [0.1, 0.15) is 11.6 Å². The minimum atomic E-state index is 0.0989. The molecule has 0 aliphatic carbocycles. The zero-order valence-electron chi connectivity index (χ0n) is 7.04. The molecule has 0 spiro atoms. The van der Waals surface area contributed by atoms with Gasteiger partial charge in [-0.1, -0.05) is 0 Å². The molecule has 4 heteroatoms. The van der Waals surface area contributed by atoms with Gasteiger partial charge in [-0.15, -0.1) is 0 Å². The molecule has 2 heterocycles. The third-order valence-corrected chi connectivity index (χ3v) is 2.08. The second-order valence-electron chi connectivity index (χ2n) is 3.04. The minimum absolute atomic E-state index is 0.0989. The molecule has 1 aliphatic heterocycles. The van der Waals surface area contributed by atoms with Crippen molar-refractivity contribution in [1.29, 1.82) is 0 Å². The van der Waals surface area contributed by atoms with Crippen LogP contribution in [-0.4, -0.2) is 16.5 Å².